The highest BCUT2D eigenvalue weighted by atomic mass is 19.4. The van der Waals surface area contributed by atoms with Crippen LogP contribution in [0.2, 0.25) is 0 Å². The number of ketones is 1. The van der Waals surface area contributed by atoms with Crippen LogP contribution in [0.4, 0.5) is 13.2 Å². The van der Waals surface area contributed by atoms with Gasteiger partial charge in [0.2, 0.25) is 0 Å². The van der Waals surface area contributed by atoms with Crippen molar-refractivity contribution in [2.75, 3.05) is 13.7 Å². The van der Waals surface area contributed by atoms with Crippen molar-refractivity contribution in [3.05, 3.63) is 124 Å². The number of amides is 1. The van der Waals surface area contributed by atoms with Gasteiger partial charge in [-0.1, -0.05) is 48.5 Å². The lowest BCUT2D eigenvalue weighted by Crippen LogP contribution is -2.44. The number of aromatic amines is 1. The lowest BCUT2D eigenvalue weighted by Gasteiger charge is -2.36. The fourth-order valence-electron chi connectivity index (χ4n) is 6.70. The molecule has 1 N–H and O–H groups in total. The number of methoxy groups -OCH3 is 1. The highest BCUT2D eigenvalue weighted by Crippen LogP contribution is 2.42. The minimum Gasteiger partial charge on any atom is -0.497 e. The molecule has 0 bridgehead atoms. The molecule has 1 amide bonds. The maximum Gasteiger partial charge on any atom is 0.416 e. The molecule has 6 aromatic rings. The van der Waals surface area contributed by atoms with Crippen LogP contribution in [-0.2, 0) is 17.4 Å². The van der Waals surface area contributed by atoms with Gasteiger partial charge in [0, 0.05) is 23.1 Å². The van der Waals surface area contributed by atoms with Gasteiger partial charge in [-0.05, 0) is 78.6 Å². The first kappa shape index (κ1) is 29.3. The Bertz CT molecular complexity index is 2170. The number of hydrogen-bond acceptors (Lipinski definition) is 4. The zero-order chi connectivity index (χ0) is 32.3. The minimum atomic E-state index is -4.54. The molecule has 3 heterocycles. The second kappa shape index (κ2) is 10.9. The topological polar surface area (TPSA) is 80.2 Å². The molecule has 7 rings (SSSR count). The predicted molar refractivity (Wildman–Crippen MR) is 168 cm³/mol. The van der Waals surface area contributed by atoms with E-state index < -0.39 is 29.5 Å². The van der Waals surface area contributed by atoms with Crippen molar-refractivity contribution in [1.82, 2.24) is 19.7 Å². The standard InChI is InChI=1S/C36H29F3N4O3/c1-20-31(21(2)43(41-20)24-11-7-10-23(18-24)36(37,38)39)34(44)35(45)42-17-16-27-29-19-25(46-3)14-15-30(29)40-32(27)33(42)28-13-6-9-22-8-4-5-12-26(22)28/h4-15,18-19,33,40H,16-17H2,1-3H3. The first-order chi connectivity index (χ1) is 22.1. The number of ether oxygens (including phenoxy) is 1. The van der Waals surface area contributed by atoms with Crippen molar-refractivity contribution in [2.45, 2.75) is 32.5 Å². The van der Waals surface area contributed by atoms with Gasteiger partial charge in [0.05, 0.1) is 41.4 Å². The number of halogens is 3. The van der Waals surface area contributed by atoms with Crippen LogP contribution in [-0.4, -0.2) is 45.0 Å². The van der Waals surface area contributed by atoms with Crippen molar-refractivity contribution in [3.8, 4) is 11.4 Å². The number of nitrogens with zero attached hydrogens (tertiary/aromatic N) is 3. The molecule has 1 unspecified atom stereocenters. The quantitative estimate of drug-likeness (QED) is 0.159. The number of hydrogen-bond donors (Lipinski definition) is 1. The monoisotopic (exact) mass is 622 g/mol. The average molecular weight is 623 g/mol. The Hall–Kier alpha value is -5.38. The molecule has 0 saturated heterocycles. The third-order valence-electron chi connectivity index (χ3n) is 8.84. The van der Waals surface area contributed by atoms with Gasteiger partial charge < -0.3 is 14.6 Å². The zero-order valence-electron chi connectivity index (χ0n) is 25.3. The number of aryl methyl sites for hydroxylation is 1. The lowest BCUT2D eigenvalue weighted by atomic mass is 9.89. The van der Waals surface area contributed by atoms with Gasteiger partial charge in [-0.2, -0.15) is 18.3 Å². The molecule has 7 nitrogen and oxygen atoms in total. The van der Waals surface area contributed by atoms with Gasteiger partial charge in [0.25, 0.3) is 11.7 Å². The van der Waals surface area contributed by atoms with E-state index in [0.29, 0.717) is 12.2 Å². The average Bonchev–Trinajstić information content (AvgIpc) is 3.58. The van der Waals surface area contributed by atoms with Gasteiger partial charge in [0.15, 0.2) is 0 Å². The number of Topliss-reactive ketones (excluding diaryl/α,β-unsaturated/α-hetero) is 1. The summed E-state index contributed by atoms with van der Waals surface area (Å²) in [5.41, 5.74) is 3.56. The highest BCUT2D eigenvalue weighted by Gasteiger charge is 2.39. The molecule has 10 heteroatoms. The van der Waals surface area contributed by atoms with Gasteiger partial charge in [-0.15, -0.1) is 0 Å². The number of benzene rings is 4. The minimum absolute atomic E-state index is 0.0752. The third-order valence-corrected chi connectivity index (χ3v) is 8.84. The van der Waals surface area contributed by atoms with E-state index in [1.165, 1.54) is 16.8 Å². The molecule has 0 aliphatic carbocycles. The summed E-state index contributed by atoms with van der Waals surface area (Å²) in [4.78, 5) is 33.6. The summed E-state index contributed by atoms with van der Waals surface area (Å²) in [6.07, 6.45) is -4.04. The van der Waals surface area contributed by atoms with Crippen LogP contribution < -0.4 is 4.74 Å². The molecule has 2 aromatic heterocycles. The van der Waals surface area contributed by atoms with Gasteiger partial charge in [-0.3, -0.25) is 9.59 Å². The maximum absolute atomic E-state index is 14.3. The number of nitrogens with one attached hydrogen (secondary N) is 1. The molecule has 1 aliphatic heterocycles. The van der Waals surface area contributed by atoms with Crippen LogP contribution in [0.15, 0.2) is 84.9 Å². The van der Waals surface area contributed by atoms with Crippen molar-refractivity contribution in [3.63, 3.8) is 0 Å². The van der Waals surface area contributed by atoms with Crippen molar-refractivity contribution in [2.24, 2.45) is 0 Å². The molecule has 46 heavy (non-hydrogen) atoms. The van der Waals surface area contributed by atoms with E-state index in [1.807, 2.05) is 60.7 Å². The highest BCUT2D eigenvalue weighted by molar-refractivity contribution is 6.43. The van der Waals surface area contributed by atoms with E-state index in [1.54, 1.807) is 25.9 Å². The van der Waals surface area contributed by atoms with Gasteiger partial charge >= 0.3 is 6.18 Å². The summed E-state index contributed by atoms with van der Waals surface area (Å²) in [7, 11) is 1.62. The Labute approximate surface area is 262 Å². The van der Waals surface area contributed by atoms with E-state index in [0.717, 1.165) is 50.6 Å². The Balaban J connectivity index is 1.34. The Kier molecular flexibility index (Phi) is 6.95. The first-order valence-electron chi connectivity index (χ1n) is 14.8. The number of alkyl halides is 3. The van der Waals surface area contributed by atoms with E-state index >= 15 is 0 Å². The summed E-state index contributed by atoms with van der Waals surface area (Å²) in [5.74, 6) is -0.761. The number of carbonyl (C=O) groups is 2. The van der Waals surface area contributed by atoms with Crippen LogP contribution in [0, 0.1) is 13.8 Å². The van der Waals surface area contributed by atoms with Crippen LogP contribution in [0.25, 0.3) is 27.4 Å². The van der Waals surface area contributed by atoms with E-state index in [2.05, 4.69) is 10.1 Å². The van der Waals surface area contributed by atoms with Crippen LogP contribution >= 0.6 is 0 Å². The van der Waals surface area contributed by atoms with Crippen LogP contribution in [0.5, 0.6) is 5.75 Å². The molecule has 1 aliphatic rings. The summed E-state index contributed by atoms with van der Waals surface area (Å²) in [5, 5.41) is 7.33. The first-order valence-corrected chi connectivity index (χ1v) is 14.8. The molecule has 232 valence electrons. The maximum atomic E-state index is 14.3. The smallest absolute Gasteiger partial charge is 0.416 e. The summed E-state index contributed by atoms with van der Waals surface area (Å²) < 4.78 is 47.1. The second-order valence-corrected chi connectivity index (χ2v) is 11.5. The largest absolute Gasteiger partial charge is 0.497 e. The molecular formula is C36H29F3N4O3. The lowest BCUT2D eigenvalue weighted by molar-refractivity contribution is -0.137. The molecular weight excluding hydrogens is 593 g/mol. The van der Waals surface area contributed by atoms with E-state index in [9.17, 15) is 22.8 Å². The number of H-pyrrole nitrogens is 1. The fourth-order valence-corrected chi connectivity index (χ4v) is 6.70. The number of rotatable bonds is 5. The van der Waals surface area contributed by atoms with Crippen LogP contribution in [0.1, 0.15) is 50.2 Å². The van der Waals surface area contributed by atoms with Gasteiger partial charge in [-0.25, -0.2) is 4.68 Å². The van der Waals surface area contributed by atoms with Crippen LogP contribution in [0.3, 0.4) is 0 Å². The second-order valence-electron chi connectivity index (χ2n) is 11.5. The van der Waals surface area contributed by atoms with E-state index in [-0.39, 0.29) is 29.2 Å². The van der Waals surface area contributed by atoms with Crippen molar-refractivity contribution < 1.29 is 27.5 Å². The Morgan fingerprint density at radius 2 is 1.70 bits per heavy atom. The zero-order valence-corrected chi connectivity index (χ0v) is 25.3. The van der Waals surface area contributed by atoms with Crippen molar-refractivity contribution >= 4 is 33.4 Å². The molecule has 0 saturated carbocycles. The normalized spacial score (nSPS) is 14.9. The number of fused-ring (bicyclic) bond motifs is 4. The number of carbonyl (C=O) groups excluding carboxylic acids is 2. The molecule has 0 spiro atoms. The Morgan fingerprint density at radius 1 is 0.935 bits per heavy atom. The van der Waals surface area contributed by atoms with E-state index in [4.69, 9.17) is 4.74 Å². The fraction of sp³-hybridized carbons (Fsp3) is 0.194. The molecule has 1 atom stereocenters. The molecule has 4 aromatic carbocycles. The van der Waals surface area contributed by atoms with Gasteiger partial charge in [0.1, 0.15) is 5.75 Å². The summed E-state index contributed by atoms with van der Waals surface area (Å²) >= 11 is 0. The van der Waals surface area contributed by atoms with Crippen molar-refractivity contribution in [1.29, 1.82) is 0 Å². The predicted octanol–water partition coefficient (Wildman–Crippen LogP) is 7.51. The third kappa shape index (κ3) is 4.72. The molecule has 0 radical (unpaired) electrons. The summed E-state index contributed by atoms with van der Waals surface area (Å²) in [6, 6.07) is 23.7. The summed E-state index contributed by atoms with van der Waals surface area (Å²) in [6.45, 7) is 3.44. The molecule has 0 fully saturated rings. The SMILES string of the molecule is COc1ccc2[nH]c3c(c2c1)CCN(C(=O)C(=O)c1c(C)nn(-c2cccc(C(F)(F)F)c2)c1C)C3c1cccc2ccccc12. The number of aromatic nitrogens is 3. The Morgan fingerprint density at radius 3 is 2.48 bits per heavy atom.